The standard InChI is InChI=1S/C13H18N2O/c1-10-9-12(14)7-8-15(10)13(16)11-5-3-2-4-6-11/h2-6,10,12H,7-9,14H2,1H3. The fraction of sp³-hybridized carbons (Fsp3) is 0.462. The zero-order valence-electron chi connectivity index (χ0n) is 9.60. The zero-order valence-corrected chi connectivity index (χ0v) is 9.60. The van der Waals surface area contributed by atoms with Crippen LogP contribution in [-0.4, -0.2) is 29.4 Å². The van der Waals surface area contributed by atoms with E-state index in [1.165, 1.54) is 0 Å². The van der Waals surface area contributed by atoms with Crippen molar-refractivity contribution >= 4 is 5.91 Å². The molecule has 1 heterocycles. The molecule has 2 unspecified atom stereocenters. The highest BCUT2D eigenvalue weighted by Crippen LogP contribution is 2.18. The summed E-state index contributed by atoms with van der Waals surface area (Å²) in [7, 11) is 0. The van der Waals surface area contributed by atoms with Gasteiger partial charge in [-0.25, -0.2) is 0 Å². The topological polar surface area (TPSA) is 46.3 Å². The lowest BCUT2D eigenvalue weighted by Gasteiger charge is -2.36. The second-order valence-electron chi connectivity index (χ2n) is 4.50. The molecule has 1 aliphatic rings. The van der Waals surface area contributed by atoms with Crippen molar-refractivity contribution in [1.29, 1.82) is 0 Å². The maximum atomic E-state index is 12.2. The number of piperidine rings is 1. The number of nitrogens with two attached hydrogens (primary N) is 1. The van der Waals surface area contributed by atoms with Gasteiger partial charge >= 0.3 is 0 Å². The van der Waals surface area contributed by atoms with Crippen LogP contribution in [0.5, 0.6) is 0 Å². The lowest BCUT2D eigenvalue weighted by molar-refractivity contribution is 0.0619. The third kappa shape index (κ3) is 2.25. The van der Waals surface area contributed by atoms with E-state index in [9.17, 15) is 4.79 Å². The average Bonchev–Trinajstić information content (AvgIpc) is 2.29. The summed E-state index contributed by atoms with van der Waals surface area (Å²) in [6.07, 6.45) is 1.81. The van der Waals surface area contributed by atoms with E-state index < -0.39 is 0 Å². The minimum atomic E-state index is 0.125. The molecule has 1 fully saturated rings. The van der Waals surface area contributed by atoms with Gasteiger partial charge in [0.1, 0.15) is 0 Å². The molecule has 0 bridgehead atoms. The molecule has 0 spiro atoms. The summed E-state index contributed by atoms with van der Waals surface area (Å²) >= 11 is 0. The van der Waals surface area contributed by atoms with Crippen molar-refractivity contribution in [3.05, 3.63) is 35.9 Å². The Bertz CT molecular complexity index is 363. The van der Waals surface area contributed by atoms with Crippen LogP contribution >= 0.6 is 0 Å². The van der Waals surface area contributed by atoms with Gasteiger partial charge in [-0.3, -0.25) is 4.79 Å². The van der Waals surface area contributed by atoms with Crippen molar-refractivity contribution in [2.45, 2.75) is 31.8 Å². The Morgan fingerprint density at radius 3 is 2.69 bits per heavy atom. The second-order valence-corrected chi connectivity index (χ2v) is 4.50. The number of nitrogens with zero attached hydrogens (tertiary/aromatic N) is 1. The first-order valence-corrected chi connectivity index (χ1v) is 5.80. The monoisotopic (exact) mass is 218 g/mol. The Balaban J connectivity index is 2.11. The van der Waals surface area contributed by atoms with Crippen LogP contribution in [0, 0.1) is 0 Å². The minimum Gasteiger partial charge on any atom is -0.336 e. The predicted octanol–water partition coefficient (Wildman–Crippen LogP) is 1.64. The molecule has 1 saturated heterocycles. The molecule has 86 valence electrons. The molecule has 0 aromatic heterocycles. The van der Waals surface area contributed by atoms with Crippen molar-refractivity contribution in [1.82, 2.24) is 4.90 Å². The van der Waals surface area contributed by atoms with E-state index in [1.54, 1.807) is 0 Å². The summed E-state index contributed by atoms with van der Waals surface area (Å²) in [4.78, 5) is 14.1. The van der Waals surface area contributed by atoms with Gasteiger partial charge in [0.15, 0.2) is 0 Å². The average molecular weight is 218 g/mol. The third-order valence-corrected chi connectivity index (χ3v) is 3.20. The fourth-order valence-corrected chi connectivity index (χ4v) is 2.26. The summed E-state index contributed by atoms with van der Waals surface area (Å²) in [5.74, 6) is 0.125. The highest BCUT2D eigenvalue weighted by molar-refractivity contribution is 5.94. The molecule has 3 heteroatoms. The largest absolute Gasteiger partial charge is 0.336 e. The maximum Gasteiger partial charge on any atom is 0.254 e. The fourth-order valence-electron chi connectivity index (χ4n) is 2.26. The molecular formula is C13H18N2O. The van der Waals surface area contributed by atoms with Crippen molar-refractivity contribution < 1.29 is 4.79 Å². The van der Waals surface area contributed by atoms with Crippen LogP contribution in [0.2, 0.25) is 0 Å². The number of carbonyl (C=O) groups excluding carboxylic acids is 1. The number of hydrogen-bond donors (Lipinski definition) is 1. The molecule has 0 radical (unpaired) electrons. The summed E-state index contributed by atoms with van der Waals surface area (Å²) in [6.45, 7) is 2.84. The Morgan fingerprint density at radius 1 is 1.38 bits per heavy atom. The number of carbonyl (C=O) groups is 1. The lowest BCUT2D eigenvalue weighted by Crippen LogP contribution is -2.48. The van der Waals surface area contributed by atoms with E-state index in [2.05, 4.69) is 6.92 Å². The van der Waals surface area contributed by atoms with E-state index in [0.29, 0.717) is 0 Å². The van der Waals surface area contributed by atoms with Crippen LogP contribution in [0.15, 0.2) is 30.3 Å². The van der Waals surface area contributed by atoms with Gasteiger partial charge in [-0.2, -0.15) is 0 Å². The summed E-state index contributed by atoms with van der Waals surface area (Å²) in [6, 6.07) is 9.94. The molecular weight excluding hydrogens is 200 g/mol. The van der Waals surface area contributed by atoms with Crippen molar-refractivity contribution in [3.63, 3.8) is 0 Å². The normalized spacial score (nSPS) is 25.5. The quantitative estimate of drug-likeness (QED) is 0.779. The first-order valence-electron chi connectivity index (χ1n) is 5.80. The molecule has 1 amide bonds. The van der Waals surface area contributed by atoms with E-state index in [4.69, 9.17) is 5.73 Å². The van der Waals surface area contributed by atoms with Crippen LogP contribution < -0.4 is 5.73 Å². The van der Waals surface area contributed by atoms with Crippen LogP contribution in [0.4, 0.5) is 0 Å². The molecule has 1 aromatic carbocycles. The Labute approximate surface area is 96.2 Å². The number of rotatable bonds is 1. The lowest BCUT2D eigenvalue weighted by atomic mass is 9.98. The molecule has 2 N–H and O–H groups in total. The van der Waals surface area contributed by atoms with E-state index in [0.717, 1.165) is 24.9 Å². The van der Waals surface area contributed by atoms with Gasteiger partial charge in [0.2, 0.25) is 0 Å². The number of amides is 1. The molecule has 16 heavy (non-hydrogen) atoms. The van der Waals surface area contributed by atoms with Crippen LogP contribution in [0.3, 0.4) is 0 Å². The van der Waals surface area contributed by atoms with Crippen LogP contribution in [0.1, 0.15) is 30.1 Å². The molecule has 0 saturated carbocycles. The molecule has 1 aromatic rings. The highest BCUT2D eigenvalue weighted by atomic mass is 16.2. The zero-order chi connectivity index (χ0) is 11.5. The maximum absolute atomic E-state index is 12.2. The van der Waals surface area contributed by atoms with Crippen molar-refractivity contribution in [3.8, 4) is 0 Å². The van der Waals surface area contributed by atoms with Crippen molar-refractivity contribution in [2.75, 3.05) is 6.54 Å². The summed E-state index contributed by atoms with van der Waals surface area (Å²) in [5, 5.41) is 0. The van der Waals surface area contributed by atoms with Crippen LogP contribution in [0.25, 0.3) is 0 Å². The highest BCUT2D eigenvalue weighted by Gasteiger charge is 2.27. The predicted molar refractivity (Wildman–Crippen MR) is 64.1 cm³/mol. The minimum absolute atomic E-state index is 0.125. The van der Waals surface area contributed by atoms with Gasteiger partial charge in [-0.05, 0) is 31.9 Å². The number of benzene rings is 1. The van der Waals surface area contributed by atoms with Gasteiger partial charge in [-0.15, -0.1) is 0 Å². The summed E-state index contributed by atoms with van der Waals surface area (Å²) < 4.78 is 0. The Morgan fingerprint density at radius 2 is 2.06 bits per heavy atom. The molecule has 1 aliphatic heterocycles. The Hall–Kier alpha value is -1.35. The first kappa shape index (κ1) is 11.1. The SMILES string of the molecule is CC1CC(N)CCN1C(=O)c1ccccc1. The molecule has 0 aliphatic carbocycles. The van der Waals surface area contributed by atoms with Gasteiger partial charge in [0, 0.05) is 24.2 Å². The van der Waals surface area contributed by atoms with Crippen LogP contribution in [-0.2, 0) is 0 Å². The Kier molecular flexibility index (Phi) is 3.25. The van der Waals surface area contributed by atoms with E-state index in [1.807, 2.05) is 35.2 Å². The van der Waals surface area contributed by atoms with Crippen molar-refractivity contribution in [2.24, 2.45) is 5.73 Å². The molecule has 3 nitrogen and oxygen atoms in total. The van der Waals surface area contributed by atoms with E-state index >= 15 is 0 Å². The van der Waals surface area contributed by atoms with Gasteiger partial charge in [-0.1, -0.05) is 18.2 Å². The third-order valence-electron chi connectivity index (χ3n) is 3.20. The second kappa shape index (κ2) is 4.66. The number of likely N-dealkylation sites (tertiary alicyclic amines) is 1. The molecule has 2 rings (SSSR count). The van der Waals surface area contributed by atoms with Gasteiger partial charge in [0.05, 0.1) is 0 Å². The molecule has 2 atom stereocenters. The smallest absolute Gasteiger partial charge is 0.254 e. The first-order chi connectivity index (χ1) is 7.68. The van der Waals surface area contributed by atoms with Gasteiger partial charge in [0.25, 0.3) is 5.91 Å². The number of hydrogen-bond acceptors (Lipinski definition) is 2. The summed E-state index contributed by atoms with van der Waals surface area (Å²) in [5.41, 5.74) is 6.66. The van der Waals surface area contributed by atoms with Gasteiger partial charge < -0.3 is 10.6 Å². The van der Waals surface area contributed by atoms with E-state index in [-0.39, 0.29) is 18.0 Å².